The summed E-state index contributed by atoms with van der Waals surface area (Å²) in [5.41, 5.74) is 5.77. The summed E-state index contributed by atoms with van der Waals surface area (Å²) in [7, 11) is 0. The molecule has 0 saturated carbocycles. The van der Waals surface area contributed by atoms with E-state index in [-0.39, 0.29) is 5.91 Å². The molecular formula is C18H18N2O. The van der Waals surface area contributed by atoms with Gasteiger partial charge in [0.25, 0.3) is 0 Å². The van der Waals surface area contributed by atoms with Crippen LogP contribution in [0.1, 0.15) is 16.7 Å². The van der Waals surface area contributed by atoms with E-state index in [1.54, 1.807) is 12.3 Å². The molecule has 0 aliphatic rings. The number of benzene rings is 2. The molecule has 2 aromatic rings. The Kier molecular flexibility index (Phi) is 5.47. The third-order valence-electron chi connectivity index (χ3n) is 2.92. The van der Waals surface area contributed by atoms with Crippen molar-refractivity contribution in [3.8, 4) is 0 Å². The summed E-state index contributed by atoms with van der Waals surface area (Å²) in [6.07, 6.45) is 5.62. The number of hydrogen-bond donors (Lipinski definition) is 1. The number of nitrogens with zero attached hydrogens (tertiary/aromatic N) is 1. The molecule has 2 aromatic carbocycles. The quantitative estimate of drug-likeness (QED) is 0.661. The van der Waals surface area contributed by atoms with Gasteiger partial charge in [-0.05, 0) is 24.1 Å². The second-order valence-electron chi connectivity index (χ2n) is 4.75. The van der Waals surface area contributed by atoms with Gasteiger partial charge in [-0.25, -0.2) is 5.43 Å². The summed E-state index contributed by atoms with van der Waals surface area (Å²) >= 11 is 0. The van der Waals surface area contributed by atoms with E-state index < -0.39 is 0 Å². The van der Waals surface area contributed by atoms with Gasteiger partial charge in [-0.3, -0.25) is 4.79 Å². The maximum Gasteiger partial charge on any atom is 0.244 e. The van der Waals surface area contributed by atoms with Gasteiger partial charge in [0.1, 0.15) is 0 Å². The first-order valence-corrected chi connectivity index (χ1v) is 6.83. The Hall–Kier alpha value is -2.68. The highest BCUT2D eigenvalue weighted by molar-refractivity contribution is 5.82. The van der Waals surface area contributed by atoms with Crippen molar-refractivity contribution in [2.24, 2.45) is 5.10 Å². The van der Waals surface area contributed by atoms with Crippen molar-refractivity contribution in [3.05, 3.63) is 77.4 Å². The molecule has 21 heavy (non-hydrogen) atoms. The van der Waals surface area contributed by atoms with Crippen molar-refractivity contribution in [2.75, 3.05) is 0 Å². The molecule has 2 rings (SSSR count). The highest BCUT2D eigenvalue weighted by Crippen LogP contribution is 2.03. The minimum absolute atomic E-state index is 0.122. The number of rotatable bonds is 5. The monoisotopic (exact) mass is 278 g/mol. The van der Waals surface area contributed by atoms with E-state index in [9.17, 15) is 4.79 Å². The van der Waals surface area contributed by atoms with Crippen molar-refractivity contribution in [3.63, 3.8) is 0 Å². The summed E-state index contributed by atoms with van der Waals surface area (Å²) in [5, 5.41) is 3.89. The minimum Gasteiger partial charge on any atom is -0.273 e. The van der Waals surface area contributed by atoms with Crippen molar-refractivity contribution < 1.29 is 4.79 Å². The predicted molar refractivity (Wildman–Crippen MR) is 87.0 cm³/mol. The average molecular weight is 278 g/mol. The molecule has 0 aromatic heterocycles. The highest BCUT2D eigenvalue weighted by atomic mass is 16.2. The maximum atomic E-state index is 11.7. The molecule has 0 radical (unpaired) electrons. The van der Waals surface area contributed by atoms with E-state index >= 15 is 0 Å². The minimum atomic E-state index is -0.122. The molecule has 0 aliphatic heterocycles. The standard InChI is InChI=1S/C18H18N2O/c1-15-9-11-17(12-10-15)14-18(21)20-19-13-5-8-16-6-3-2-4-7-16/h2-13H,14H2,1H3,(H,20,21)/b8-5-,19-13-. The number of hydrogen-bond acceptors (Lipinski definition) is 2. The van der Waals surface area contributed by atoms with E-state index in [1.807, 2.05) is 67.6 Å². The van der Waals surface area contributed by atoms with Crippen LogP contribution >= 0.6 is 0 Å². The Morgan fingerprint density at radius 3 is 2.52 bits per heavy atom. The fourth-order valence-electron chi connectivity index (χ4n) is 1.80. The normalized spacial score (nSPS) is 11.1. The van der Waals surface area contributed by atoms with E-state index in [0.29, 0.717) is 6.42 Å². The molecule has 1 amide bonds. The van der Waals surface area contributed by atoms with Crippen LogP contribution in [0.2, 0.25) is 0 Å². The molecule has 0 heterocycles. The number of allylic oxidation sites excluding steroid dienone is 1. The SMILES string of the molecule is Cc1ccc(CC(=O)N/N=C\C=C/c2ccccc2)cc1. The fourth-order valence-corrected chi connectivity index (χ4v) is 1.80. The topological polar surface area (TPSA) is 41.5 Å². The Balaban J connectivity index is 1.77. The maximum absolute atomic E-state index is 11.7. The number of hydrazone groups is 1. The number of amides is 1. The third-order valence-corrected chi connectivity index (χ3v) is 2.92. The van der Waals surface area contributed by atoms with Crippen LogP contribution in [0.5, 0.6) is 0 Å². The second kappa shape index (κ2) is 7.80. The molecule has 0 fully saturated rings. The van der Waals surface area contributed by atoms with Crippen LogP contribution in [0.25, 0.3) is 6.08 Å². The smallest absolute Gasteiger partial charge is 0.244 e. The first-order chi connectivity index (χ1) is 10.2. The summed E-state index contributed by atoms with van der Waals surface area (Å²) in [6.45, 7) is 2.02. The van der Waals surface area contributed by atoms with Gasteiger partial charge in [-0.1, -0.05) is 66.2 Å². The zero-order chi connectivity index (χ0) is 14.9. The average Bonchev–Trinajstić information content (AvgIpc) is 2.50. The molecule has 0 aliphatic carbocycles. The van der Waals surface area contributed by atoms with Crippen LogP contribution in [-0.4, -0.2) is 12.1 Å². The van der Waals surface area contributed by atoms with Crippen molar-refractivity contribution in [1.82, 2.24) is 5.43 Å². The van der Waals surface area contributed by atoms with Crippen LogP contribution in [0, 0.1) is 6.92 Å². The van der Waals surface area contributed by atoms with Gasteiger partial charge in [0.2, 0.25) is 5.91 Å². The molecule has 0 atom stereocenters. The van der Waals surface area contributed by atoms with Crippen LogP contribution in [-0.2, 0) is 11.2 Å². The van der Waals surface area contributed by atoms with E-state index in [0.717, 1.165) is 11.1 Å². The first-order valence-electron chi connectivity index (χ1n) is 6.83. The number of carbonyl (C=O) groups is 1. The molecule has 0 bridgehead atoms. The lowest BCUT2D eigenvalue weighted by molar-refractivity contribution is -0.120. The summed E-state index contributed by atoms with van der Waals surface area (Å²) in [4.78, 5) is 11.7. The molecule has 3 nitrogen and oxygen atoms in total. The molecule has 0 unspecified atom stereocenters. The van der Waals surface area contributed by atoms with Gasteiger partial charge >= 0.3 is 0 Å². The van der Waals surface area contributed by atoms with Gasteiger partial charge in [-0.15, -0.1) is 0 Å². The predicted octanol–water partition coefficient (Wildman–Crippen LogP) is 3.35. The van der Waals surface area contributed by atoms with Gasteiger partial charge in [-0.2, -0.15) is 5.10 Å². The van der Waals surface area contributed by atoms with Crippen molar-refractivity contribution >= 4 is 18.2 Å². The van der Waals surface area contributed by atoms with Crippen LogP contribution < -0.4 is 5.43 Å². The van der Waals surface area contributed by atoms with Crippen LogP contribution in [0.3, 0.4) is 0 Å². The highest BCUT2D eigenvalue weighted by Gasteiger charge is 2.00. The summed E-state index contributed by atoms with van der Waals surface area (Å²) in [5.74, 6) is -0.122. The van der Waals surface area contributed by atoms with Crippen LogP contribution in [0.15, 0.2) is 65.8 Å². The van der Waals surface area contributed by atoms with Gasteiger partial charge in [0.05, 0.1) is 6.42 Å². The molecule has 3 heteroatoms. The second-order valence-corrected chi connectivity index (χ2v) is 4.75. The van der Waals surface area contributed by atoms with E-state index in [4.69, 9.17) is 0 Å². The number of nitrogens with one attached hydrogen (secondary N) is 1. The third kappa shape index (κ3) is 5.45. The summed E-state index contributed by atoms with van der Waals surface area (Å²) in [6, 6.07) is 17.8. The number of carbonyl (C=O) groups excluding carboxylic acids is 1. The molecule has 106 valence electrons. The van der Waals surface area contributed by atoms with Gasteiger partial charge < -0.3 is 0 Å². The van der Waals surface area contributed by atoms with Crippen molar-refractivity contribution in [1.29, 1.82) is 0 Å². The van der Waals surface area contributed by atoms with Gasteiger partial charge in [0, 0.05) is 6.21 Å². The first kappa shape index (κ1) is 14.7. The lowest BCUT2D eigenvalue weighted by Gasteiger charge is -2.00. The molecule has 0 saturated heterocycles. The lowest BCUT2D eigenvalue weighted by Crippen LogP contribution is -2.19. The van der Waals surface area contributed by atoms with E-state index in [1.165, 1.54) is 5.56 Å². The van der Waals surface area contributed by atoms with Gasteiger partial charge in [0.15, 0.2) is 0 Å². The van der Waals surface area contributed by atoms with E-state index in [2.05, 4.69) is 10.5 Å². The summed E-state index contributed by atoms with van der Waals surface area (Å²) < 4.78 is 0. The Morgan fingerprint density at radius 2 is 1.81 bits per heavy atom. The van der Waals surface area contributed by atoms with Crippen molar-refractivity contribution in [2.45, 2.75) is 13.3 Å². The largest absolute Gasteiger partial charge is 0.273 e. The van der Waals surface area contributed by atoms with Crippen LogP contribution in [0.4, 0.5) is 0 Å². The Labute approximate surface area is 125 Å². The zero-order valence-electron chi connectivity index (χ0n) is 12.0. The fraction of sp³-hybridized carbons (Fsp3) is 0.111. The number of aryl methyl sites for hydroxylation is 1. The Morgan fingerprint density at radius 1 is 1.10 bits per heavy atom. The molecular weight excluding hydrogens is 260 g/mol. The molecule has 0 spiro atoms. The Bertz CT molecular complexity index is 628. The lowest BCUT2D eigenvalue weighted by atomic mass is 10.1. The molecule has 1 N–H and O–H groups in total. The zero-order valence-corrected chi connectivity index (χ0v) is 12.0.